The van der Waals surface area contributed by atoms with Crippen LogP contribution in [0.15, 0.2) is 170 Å². The Balaban J connectivity index is 1.22. The largest absolute Gasteiger partial charge is 0.278 e. The number of thiophene rings is 1. The fourth-order valence-electron chi connectivity index (χ4n) is 7.07. The van der Waals surface area contributed by atoms with Gasteiger partial charge in [-0.1, -0.05) is 152 Å². The van der Waals surface area contributed by atoms with Crippen LogP contribution in [0.3, 0.4) is 0 Å². The summed E-state index contributed by atoms with van der Waals surface area (Å²) in [6.07, 6.45) is 0. The fraction of sp³-hybridized carbons (Fsp3) is 0. The van der Waals surface area contributed by atoms with Gasteiger partial charge in [0.2, 0.25) is 5.95 Å². The van der Waals surface area contributed by atoms with E-state index in [4.69, 9.17) is 15.0 Å². The summed E-state index contributed by atoms with van der Waals surface area (Å²) in [7, 11) is 0. The molecule has 0 saturated heterocycles. The first-order valence-corrected chi connectivity index (χ1v) is 17.5. The third kappa shape index (κ3) is 4.71. The molecule has 0 spiro atoms. The Morgan fingerprint density at radius 3 is 1.66 bits per heavy atom. The van der Waals surface area contributed by atoms with Crippen LogP contribution in [0.5, 0.6) is 0 Å². The molecule has 0 unspecified atom stereocenters. The van der Waals surface area contributed by atoms with Gasteiger partial charge in [-0.3, -0.25) is 4.57 Å². The zero-order chi connectivity index (χ0) is 33.0. The van der Waals surface area contributed by atoms with Crippen molar-refractivity contribution in [1.29, 1.82) is 0 Å². The highest BCUT2D eigenvalue weighted by Gasteiger charge is 2.20. The van der Waals surface area contributed by atoms with Crippen molar-refractivity contribution in [1.82, 2.24) is 19.5 Å². The first kappa shape index (κ1) is 28.6. The highest BCUT2D eigenvalue weighted by Crippen LogP contribution is 2.43. The monoisotopic (exact) mass is 656 g/mol. The van der Waals surface area contributed by atoms with Gasteiger partial charge in [0, 0.05) is 42.1 Å². The molecule has 0 aliphatic carbocycles. The van der Waals surface area contributed by atoms with Gasteiger partial charge < -0.3 is 0 Å². The Bertz CT molecular complexity index is 2840. The summed E-state index contributed by atoms with van der Waals surface area (Å²) in [4.78, 5) is 15.4. The zero-order valence-electron chi connectivity index (χ0n) is 26.9. The molecule has 3 aromatic heterocycles. The van der Waals surface area contributed by atoms with E-state index >= 15 is 0 Å². The topological polar surface area (TPSA) is 43.6 Å². The van der Waals surface area contributed by atoms with Crippen molar-refractivity contribution < 1.29 is 0 Å². The molecule has 4 nitrogen and oxygen atoms in total. The second kappa shape index (κ2) is 11.6. The smallest absolute Gasteiger partial charge is 0.238 e. The molecule has 0 radical (unpaired) electrons. The minimum atomic E-state index is 0.594. The molecule has 0 saturated carbocycles. The standard InChI is InChI=1S/C45H28N4S/c1-4-13-29(14-5-1)30-23-25-33(26-24-30)44-46-43(32-17-8-3-9-18-32)47-45(48-44)49-39-22-11-10-19-35(39)37-28-41-38(27-40(37)49)36-21-12-20-34(42(36)50-41)31-15-6-2-7-16-31/h1-28H. The van der Waals surface area contributed by atoms with Crippen molar-refractivity contribution in [2.24, 2.45) is 0 Å². The maximum absolute atomic E-state index is 5.20. The molecule has 3 heterocycles. The lowest BCUT2D eigenvalue weighted by Gasteiger charge is -2.11. The quantitative estimate of drug-likeness (QED) is 0.185. The van der Waals surface area contributed by atoms with E-state index in [-0.39, 0.29) is 0 Å². The van der Waals surface area contributed by atoms with Crippen molar-refractivity contribution in [3.8, 4) is 51.0 Å². The maximum atomic E-state index is 5.20. The van der Waals surface area contributed by atoms with Crippen molar-refractivity contribution in [2.45, 2.75) is 0 Å². The second-order valence-corrected chi connectivity index (χ2v) is 13.5. The van der Waals surface area contributed by atoms with Gasteiger partial charge in [0.15, 0.2) is 11.6 Å². The molecule has 0 aliphatic heterocycles. The van der Waals surface area contributed by atoms with Crippen LogP contribution in [0.4, 0.5) is 0 Å². The SMILES string of the molecule is c1ccc(-c2ccc(-c3nc(-c4ccccc4)nc(-n4c5ccccc5c5cc6sc7c(-c8ccccc8)cccc7c6cc54)n3)cc2)cc1. The van der Waals surface area contributed by atoms with E-state index in [0.717, 1.165) is 27.7 Å². The van der Waals surface area contributed by atoms with Crippen molar-refractivity contribution in [2.75, 3.05) is 0 Å². The van der Waals surface area contributed by atoms with E-state index in [2.05, 4.69) is 150 Å². The van der Waals surface area contributed by atoms with Crippen LogP contribution in [0.2, 0.25) is 0 Å². The lowest BCUT2D eigenvalue weighted by atomic mass is 10.0. The Labute approximate surface area is 292 Å². The Morgan fingerprint density at radius 2 is 0.940 bits per heavy atom. The van der Waals surface area contributed by atoms with E-state index in [1.165, 1.54) is 47.6 Å². The molecular weight excluding hydrogens is 629 g/mol. The third-order valence-electron chi connectivity index (χ3n) is 9.48. The number of rotatable bonds is 5. The van der Waals surface area contributed by atoms with Crippen molar-refractivity contribution in [3.63, 3.8) is 0 Å². The average Bonchev–Trinajstić information content (AvgIpc) is 3.73. The van der Waals surface area contributed by atoms with Gasteiger partial charge in [-0.25, -0.2) is 4.98 Å². The molecule has 0 atom stereocenters. The van der Waals surface area contributed by atoms with Crippen LogP contribution < -0.4 is 0 Å². The lowest BCUT2D eigenvalue weighted by molar-refractivity contribution is 0.954. The summed E-state index contributed by atoms with van der Waals surface area (Å²) in [5.74, 6) is 1.86. The van der Waals surface area contributed by atoms with Crippen LogP contribution in [0.1, 0.15) is 0 Å². The number of hydrogen-bond acceptors (Lipinski definition) is 4. The van der Waals surface area contributed by atoms with E-state index in [1.807, 2.05) is 35.6 Å². The summed E-state index contributed by atoms with van der Waals surface area (Å²) < 4.78 is 4.77. The molecular formula is C45H28N4S. The predicted molar refractivity (Wildman–Crippen MR) is 209 cm³/mol. The molecule has 0 aliphatic rings. The van der Waals surface area contributed by atoms with Gasteiger partial charge in [-0.15, -0.1) is 11.3 Å². The van der Waals surface area contributed by atoms with Crippen LogP contribution in [-0.4, -0.2) is 19.5 Å². The number of benzene rings is 7. The van der Waals surface area contributed by atoms with Gasteiger partial charge in [0.05, 0.1) is 11.0 Å². The summed E-state index contributed by atoms with van der Waals surface area (Å²) >= 11 is 1.86. The molecule has 0 fully saturated rings. The fourth-order valence-corrected chi connectivity index (χ4v) is 8.33. The van der Waals surface area contributed by atoms with Gasteiger partial charge in [0.1, 0.15) is 0 Å². The summed E-state index contributed by atoms with van der Waals surface area (Å²) in [5.41, 5.74) is 8.82. The molecule has 0 bridgehead atoms. The lowest BCUT2D eigenvalue weighted by Crippen LogP contribution is -2.06. The third-order valence-corrected chi connectivity index (χ3v) is 10.7. The van der Waals surface area contributed by atoms with Crippen LogP contribution in [0, 0.1) is 0 Å². The summed E-state index contributed by atoms with van der Waals surface area (Å²) in [6, 6.07) is 59.6. The van der Waals surface area contributed by atoms with E-state index in [9.17, 15) is 0 Å². The Hall–Kier alpha value is -6.43. The zero-order valence-corrected chi connectivity index (χ0v) is 27.7. The van der Waals surface area contributed by atoms with Crippen molar-refractivity contribution >= 4 is 53.3 Å². The van der Waals surface area contributed by atoms with Crippen molar-refractivity contribution in [3.05, 3.63) is 170 Å². The van der Waals surface area contributed by atoms with Crippen LogP contribution in [0.25, 0.3) is 93.0 Å². The highest BCUT2D eigenvalue weighted by molar-refractivity contribution is 7.26. The first-order chi connectivity index (χ1) is 24.8. The van der Waals surface area contributed by atoms with Crippen LogP contribution in [-0.2, 0) is 0 Å². The summed E-state index contributed by atoms with van der Waals surface area (Å²) in [5, 5.41) is 4.83. The first-order valence-electron chi connectivity index (χ1n) is 16.7. The number of nitrogens with zero attached hydrogens (tertiary/aromatic N) is 4. The van der Waals surface area contributed by atoms with E-state index in [0.29, 0.717) is 17.6 Å². The minimum Gasteiger partial charge on any atom is -0.278 e. The number of para-hydroxylation sites is 1. The Morgan fingerprint density at radius 1 is 0.380 bits per heavy atom. The van der Waals surface area contributed by atoms with E-state index in [1.54, 1.807) is 0 Å². The minimum absolute atomic E-state index is 0.594. The molecule has 7 aromatic carbocycles. The Kier molecular flexibility index (Phi) is 6.64. The average molecular weight is 657 g/mol. The predicted octanol–water partition coefficient (Wildman–Crippen LogP) is 12.0. The normalized spacial score (nSPS) is 11.6. The van der Waals surface area contributed by atoms with Crippen LogP contribution >= 0.6 is 11.3 Å². The molecule has 234 valence electrons. The molecule has 50 heavy (non-hydrogen) atoms. The highest BCUT2D eigenvalue weighted by atomic mass is 32.1. The van der Waals surface area contributed by atoms with Gasteiger partial charge in [0.25, 0.3) is 0 Å². The molecule has 0 N–H and O–H groups in total. The molecule has 5 heteroatoms. The number of hydrogen-bond donors (Lipinski definition) is 0. The van der Waals surface area contributed by atoms with Gasteiger partial charge in [-0.05, 0) is 40.5 Å². The molecule has 10 rings (SSSR count). The molecule has 0 amide bonds. The second-order valence-electron chi connectivity index (χ2n) is 12.5. The molecule has 10 aromatic rings. The van der Waals surface area contributed by atoms with E-state index < -0.39 is 0 Å². The number of aromatic nitrogens is 4. The maximum Gasteiger partial charge on any atom is 0.238 e. The van der Waals surface area contributed by atoms with Gasteiger partial charge in [-0.2, -0.15) is 9.97 Å². The number of fused-ring (bicyclic) bond motifs is 6. The summed E-state index contributed by atoms with van der Waals surface area (Å²) in [6.45, 7) is 0. The van der Waals surface area contributed by atoms with Gasteiger partial charge >= 0.3 is 0 Å².